The monoisotopic (exact) mass is 482 g/mol. The number of hydrogen-bond acceptors (Lipinski definition) is 7. The summed E-state index contributed by atoms with van der Waals surface area (Å²) in [5, 5.41) is 14.2. The Morgan fingerprint density at radius 3 is 2.60 bits per heavy atom. The summed E-state index contributed by atoms with van der Waals surface area (Å²) < 4.78 is 22.4. The van der Waals surface area contributed by atoms with Crippen molar-refractivity contribution in [2.75, 3.05) is 25.1 Å². The first-order chi connectivity index (χ1) is 16.7. The van der Waals surface area contributed by atoms with Crippen molar-refractivity contribution in [3.05, 3.63) is 63.7 Å². The van der Waals surface area contributed by atoms with Gasteiger partial charge in [-0.15, -0.1) is 0 Å². The minimum absolute atomic E-state index is 0.0546. The molecule has 1 saturated heterocycles. The first kappa shape index (κ1) is 26.0. The Kier molecular flexibility index (Phi) is 9.06. The van der Waals surface area contributed by atoms with Gasteiger partial charge >= 0.3 is 6.09 Å². The number of rotatable bonds is 7. The van der Waals surface area contributed by atoms with Crippen molar-refractivity contribution in [3.8, 4) is 17.6 Å². The lowest BCUT2D eigenvalue weighted by Crippen LogP contribution is -2.27. The van der Waals surface area contributed by atoms with Crippen molar-refractivity contribution in [3.63, 3.8) is 0 Å². The van der Waals surface area contributed by atoms with Crippen LogP contribution in [0.2, 0.25) is 0 Å². The highest BCUT2D eigenvalue weighted by Crippen LogP contribution is 2.33. The van der Waals surface area contributed by atoms with Gasteiger partial charge in [0.1, 0.15) is 23.6 Å². The van der Waals surface area contributed by atoms with E-state index in [9.17, 15) is 14.9 Å². The van der Waals surface area contributed by atoms with Crippen LogP contribution in [0.1, 0.15) is 51.2 Å². The van der Waals surface area contributed by atoms with Gasteiger partial charge in [-0.25, -0.2) is 4.79 Å². The van der Waals surface area contributed by atoms with Gasteiger partial charge in [0, 0.05) is 24.3 Å². The summed E-state index contributed by atoms with van der Waals surface area (Å²) >= 11 is 0. The number of benzene rings is 2. The molecule has 1 aliphatic rings. The second-order valence-electron chi connectivity index (χ2n) is 8.88. The highest BCUT2D eigenvalue weighted by Gasteiger charge is 2.23. The lowest BCUT2D eigenvalue weighted by molar-refractivity contribution is -0.384. The van der Waals surface area contributed by atoms with Gasteiger partial charge in [-0.1, -0.05) is 30.0 Å². The molecular weight excluding hydrogens is 452 g/mol. The van der Waals surface area contributed by atoms with Crippen LogP contribution in [-0.4, -0.2) is 42.7 Å². The summed E-state index contributed by atoms with van der Waals surface area (Å²) in [6, 6.07) is 11.9. The molecule has 1 atom stereocenters. The van der Waals surface area contributed by atoms with Crippen LogP contribution >= 0.6 is 0 Å². The molecule has 0 aliphatic carbocycles. The Morgan fingerprint density at radius 1 is 1.17 bits per heavy atom. The maximum atomic E-state index is 12.3. The zero-order valence-electron chi connectivity index (χ0n) is 20.2. The number of nitrogens with one attached hydrogen (secondary N) is 1. The lowest BCUT2D eigenvalue weighted by Gasteiger charge is -2.22. The van der Waals surface area contributed by atoms with Gasteiger partial charge in [-0.05, 0) is 52.2 Å². The van der Waals surface area contributed by atoms with Crippen LogP contribution in [0.4, 0.5) is 16.2 Å². The van der Waals surface area contributed by atoms with Crippen molar-refractivity contribution in [1.82, 2.24) is 0 Å². The summed E-state index contributed by atoms with van der Waals surface area (Å²) in [7, 11) is 0. The molecule has 35 heavy (non-hydrogen) atoms. The molecule has 1 heterocycles. The van der Waals surface area contributed by atoms with E-state index in [-0.39, 0.29) is 36.6 Å². The molecule has 1 fully saturated rings. The van der Waals surface area contributed by atoms with Crippen LogP contribution in [-0.2, 0) is 14.2 Å². The molecule has 1 amide bonds. The quantitative estimate of drug-likeness (QED) is 0.248. The fourth-order valence-corrected chi connectivity index (χ4v) is 3.29. The Hall–Kier alpha value is -3.61. The third kappa shape index (κ3) is 8.59. The second-order valence-corrected chi connectivity index (χ2v) is 8.88. The van der Waals surface area contributed by atoms with Crippen molar-refractivity contribution in [2.45, 2.75) is 51.9 Å². The Labute approximate surface area is 204 Å². The number of ether oxygens (including phenoxy) is 4. The van der Waals surface area contributed by atoms with Gasteiger partial charge < -0.3 is 18.9 Å². The summed E-state index contributed by atoms with van der Waals surface area (Å²) in [6.45, 7) is 6.22. The molecule has 2 aromatic rings. The minimum Gasteiger partial charge on any atom is -0.490 e. The highest BCUT2D eigenvalue weighted by atomic mass is 16.7. The molecule has 0 aromatic heterocycles. The SMILES string of the molecule is CC(C)(C)OC(=O)Nc1cc(OCCOC2CCCCO2)c(C#Cc2ccccc2)cc1[N+](=O)[O-]. The molecule has 1 N–H and O–H groups in total. The summed E-state index contributed by atoms with van der Waals surface area (Å²) in [5.41, 5.74) is -0.0924. The first-order valence-corrected chi connectivity index (χ1v) is 11.5. The van der Waals surface area contributed by atoms with Crippen molar-refractivity contribution in [2.24, 2.45) is 0 Å². The van der Waals surface area contributed by atoms with E-state index in [1.165, 1.54) is 12.1 Å². The van der Waals surface area contributed by atoms with E-state index in [1.807, 2.05) is 30.3 Å². The van der Waals surface area contributed by atoms with Gasteiger partial charge in [0.15, 0.2) is 6.29 Å². The molecule has 2 aromatic carbocycles. The summed E-state index contributed by atoms with van der Waals surface area (Å²) in [5.74, 6) is 6.21. The summed E-state index contributed by atoms with van der Waals surface area (Å²) in [4.78, 5) is 23.4. The number of nitrogens with zero attached hydrogens (tertiary/aromatic N) is 1. The van der Waals surface area contributed by atoms with Gasteiger partial charge in [-0.3, -0.25) is 15.4 Å². The zero-order chi connectivity index (χ0) is 25.3. The number of carbonyl (C=O) groups excluding carboxylic acids is 1. The zero-order valence-corrected chi connectivity index (χ0v) is 20.2. The maximum Gasteiger partial charge on any atom is 0.412 e. The number of carbonyl (C=O) groups is 1. The van der Waals surface area contributed by atoms with E-state index >= 15 is 0 Å². The van der Waals surface area contributed by atoms with E-state index in [0.717, 1.165) is 24.8 Å². The Morgan fingerprint density at radius 2 is 1.94 bits per heavy atom. The Balaban J connectivity index is 1.84. The fraction of sp³-hybridized carbons (Fsp3) is 0.423. The number of nitro benzene ring substituents is 1. The second kappa shape index (κ2) is 12.2. The molecule has 1 aliphatic heterocycles. The lowest BCUT2D eigenvalue weighted by atomic mass is 10.1. The van der Waals surface area contributed by atoms with E-state index < -0.39 is 16.6 Å². The van der Waals surface area contributed by atoms with Gasteiger partial charge in [0.05, 0.1) is 17.1 Å². The molecular formula is C26H30N2O7. The average molecular weight is 483 g/mol. The van der Waals surface area contributed by atoms with Crippen LogP contribution in [0, 0.1) is 22.0 Å². The van der Waals surface area contributed by atoms with E-state index in [0.29, 0.717) is 12.2 Å². The molecule has 186 valence electrons. The molecule has 0 bridgehead atoms. The number of amides is 1. The van der Waals surface area contributed by atoms with Gasteiger partial charge in [0.2, 0.25) is 0 Å². The van der Waals surface area contributed by atoms with Crippen molar-refractivity contribution in [1.29, 1.82) is 0 Å². The summed E-state index contributed by atoms with van der Waals surface area (Å²) in [6.07, 6.45) is 1.83. The van der Waals surface area contributed by atoms with Crippen molar-refractivity contribution >= 4 is 17.5 Å². The van der Waals surface area contributed by atoms with Crippen LogP contribution in [0.15, 0.2) is 42.5 Å². The van der Waals surface area contributed by atoms with Crippen LogP contribution in [0.3, 0.4) is 0 Å². The van der Waals surface area contributed by atoms with E-state index in [4.69, 9.17) is 18.9 Å². The number of nitro groups is 1. The topological polar surface area (TPSA) is 109 Å². The number of hydrogen-bond donors (Lipinski definition) is 1. The highest BCUT2D eigenvalue weighted by molar-refractivity contribution is 5.89. The minimum atomic E-state index is -0.813. The third-order valence-corrected chi connectivity index (χ3v) is 4.83. The molecule has 0 radical (unpaired) electrons. The average Bonchev–Trinajstić information content (AvgIpc) is 2.81. The first-order valence-electron chi connectivity index (χ1n) is 11.5. The van der Waals surface area contributed by atoms with Gasteiger partial charge in [-0.2, -0.15) is 0 Å². The molecule has 1 unspecified atom stereocenters. The van der Waals surface area contributed by atoms with Gasteiger partial charge in [0.25, 0.3) is 5.69 Å². The Bertz CT molecular complexity index is 1080. The predicted octanol–water partition coefficient (Wildman–Crippen LogP) is 5.26. The number of anilines is 1. The largest absolute Gasteiger partial charge is 0.490 e. The van der Waals surface area contributed by atoms with Crippen LogP contribution in [0.5, 0.6) is 5.75 Å². The normalized spacial score (nSPS) is 15.5. The molecule has 9 nitrogen and oxygen atoms in total. The van der Waals surface area contributed by atoms with Crippen LogP contribution < -0.4 is 10.1 Å². The maximum absolute atomic E-state index is 12.3. The molecule has 9 heteroatoms. The smallest absolute Gasteiger partial charge is 0.412 e. The van der Waals surface area contributed by atoms with Crippen LogP contribution in [0.25, 0.3) is 0 Å². The molecule has 0 spiro atoms. The van der Waals surface area contributed by atoms with E-state index in [1.54, 1.807) is 20.8 Å². The predicted molar refractivity (Wildman–Crippen MR) is 130 cm³/mol. The fourth-order valence-electron chi connectivity index (χ4n) is 3.29. The standard InChI is InChI=1S/C26H30N2O7/c1-26(2,3)35-25(29)27-21-18-23(32-15-16-34-24-11-7-8-14-33-24)20(17-22(21)28(30)31)13-12-19-9-5-4-6-10-19/h4-6,9-10,17-18,24H,7-8,11,14-16H2,1-3H3,(H,27,29). The van der Waals surface area contributed by atoms with E-state index in [2.05, 4.69) is 17.2 Å². The van der Waals surface area contributed by atoms with Crippen molar-refractivity contribution < 1.29 is 28.7 Å². The molecule has 0 saturated carbocycles. The third-order valence-electron chi connectivity index (χ3n) is 4.83. The molecule has 3 rings (SSSR count).